The van der Waals surface area contributed by atoms with Crippen LogP contribution in [0.5, 0.6) is 0 Å². The van der Waals surface area contributed by atoms with Gasteiger partial charge in [-0.15, -0.1) is 0 Å². The quantitative estimate of drug-likeness (QED) is 0.909. The number of nitrogens with zero attached hydrogens (tertiary/aromatic N) is 3. The van der Waals surface area contributed by atoms with Crippen molar-refractivity contribution < 1.29 is 8.78 Å². The Morgan fingerprint density at radius 1 is 1.33 bits per heavy atom. The summed E-state index contributed by atoms with van der Waals surface area (Å²) in [4.78, 5) is 8.08. The maximum atomic E-state index is 13.8. The second-order valence-electron chi connectivity index (χ2n) is 3.84. The summed E-state index contributed by atoms with van der Waals surface area (Å²) in [6.07, 6.45) is 4.79. The van der Waals surface area contributed by atoms with Crippen LogP contribution in [0.4, 0.5) is 14.6 Å². The van der Waals surface area contributed by atoms with Crippen LogP contribution >= 0.6 is 0 Å². The van der Waals surface area contributed by atoms with Crippen LogP contribution in [0.15, 0.2) is 18.5 Å². The van der Waals surface area contributed by atoms with E-state index in [0.717, 1.165) is 12.5 Å². The summed E-state index contributed by atoms with van der Waals surface area (Å²) >= 11 is 0. The zero-order valence-electron chi connectivity index (χ0n) is 10.2. The predicted octanol–water partition coefficient (Wildman–Crippen LogP) is 2.54. The molecule has 0 saturated carbocycles. The van der Waals surface area contributed by atoms with E-state index in [4.69, 9.17) is 0 Å². The topological polar surface area (TPSA) is 42.7 Å². The average Bonchev–Trinajstić information content (AvgIpc) is 2.78. The lowest BCUT2D eigenvalue weighted by Gasteiger charge is -2.10. The molecule has 0 unspecified atom stereocenters. The molecule has 2 aromatic heterocycles. The number of halogens is 2. The third kappa shape index (κ3) is 2.18. The molecule has 0 spiro atoms. The lowest BCUT2D eigenvalue weighted by molar-refractivity contribution is 0.566. The molecule has 2 rings (SSSR count). The van der Waals surface area contributed by atoms with Crippen LogP contribution < -0.4 is 5.32 Å². The van der Waals surface area contributed by atoms with E-state index in [1.54, 1.807) is 17.0 Å². The van der Waals surface area contributed by atoms with Crippen molar-refractivity contribution in [3.05, 3.63) is 35.9 Å². The monoisotopic (exact) mass is 252 g/mol. The highest BCUT2D eigenvalue weighted by atomic mass is 19.1. The van der Waals surface area contributed by atoms with Gasteiger partial charge in [0.2, 0.25) is 0 Å². The Balaban J connectivity index is 2.52. The molecule has 0 aliphatic heterocycles. The molecule has 0 saturated heterocycles. The van der Waals surface area contributed by atoms with E-state index in [-0.39, 0.29) is 11.6 Å². The zero-order valence-corrected chi connectivity index (χ0v) is 10.2. The molecule has 1 N–H and O–H groups in total. The number of aryl methyl sites for hydroxylation is 1. The van der Waals surface area contributed by atoms with Crippen molar-refractivity contribution in [3.63, 3.8) is 0 Å². The van der Waals surface area contributed by atoms with Crippen LogP contribution in [-0.2, 0) is 6.42 Å². The van der Waals surface area contributed by atoms with Crippen LogP contribution in [-0.4, -0.2) is 21.6 Å². The molecular weight excluding hydrogens is 238 g/mol. The molecule has 0 aliphatic carbocycles. The van der Waals surface area contributed by atoms with E-state index < -0.39 is 11.6 Å². The number of aromatic nitrogens is 3. The number of nitrogens with one attached hydrogen (secondary N) is 1. The summed E-state index contributed by atoms with van der Waals surface area (Å²) in [7, 11) is 1.54. The van der Waals surface area contributed by atoms with Crippen molar-refractivity contribution >= 4 is 5.82 Å². The zero-order chi connectivity index (χ0) is 13.1. The molecule has 0 fully saturated rings. The number of anilines is 1. The largest absolute Gasteiger partial charge is 0.371 e. The Bertz CT molecular complexity index is 551. The average molecular weight is 252 g/mol. The van der Waals surface area contributed by atoms with Gasteiger partial charge in [-0.25, -0.2) is 18.7 Å². The van der Waals surface area contributed by atoms with Gasteiger partial charge in [0.25, 0.3) is 0 Å². The first-order chi connectivity index (χ1) is 8.67. The fraction of sp³-hybridized carbons (Fsp3) is 0.333. The lowest BCUT2D eigenvalue weighted by Crippen LogP contribution is -2.08. The molecule has 6 heteroatoms. The Kier molecular flexibility index (Phi) is 3.55. The molecule has 0 amide bonds. The SMILES string of the molecule is CCCc1nccn1-c1nc(NC)c(F)cc1F. The van der Waals surface area contributed by atoms with E-state index in [1.165, 1.54) is 7.05 Å². The Morgan fingerprint density at radius 2 is 2.11 bits per heavy atom. The van der Waals surface area contributed by atoms with Gasteiger partial charge >= 0.3 is 0 Å². The van der Waals surface area contributed by atoms with E-state index in [9.17, 15) is 8.78 Å². The van der Waals surface area contributed by atoms with Crippen LogP contribution in [0.25, 0.3) is 5.82 Å². The van der Waals surface area contributed by atoms with Gasteiger partial charge in [0.15, 0.2) is 23.3 Å². The van der Waals surface area contributed by atoms with Crippen molar-refractivity contribution in [2.75, 3.05) is 12.4 Å². The highest BCUT2D eigenvalue weighted by Gasteiger charge is 2.14. The minimum Gasteiger partial charge on any atom is -0.371 e. The van der Waals surface area contributed by atoms with Gasteiger partial charge in [-0.3, -0.25) is 4.57 Å². The normalized spacial score (nSPS) is 10.7. The third-order valence-electron chi connectivity index (χ3n) is 2.57. The van der Waals surface area contributed by atoms with Gasteiger partial charge in [-0.2, -0.15) is 0 Å². The van der Waals surface area contributed by atoms with Gasteiger partial charge < -0.3 is 5.32 Å². The molecule has 0 aromatic carbocycles. The maximum Gasteiger partial charge on any atom is 0.176 e. The predicted molar refractivity (Wildman–Crippen MR) is 64.8 cm³/mol. The lowest BCUT2D eigenvalue weighted by atomic mass is 10.3. The van der Waals surface area contributed by atoms with Crippen molar-refractivity contribution in [1.29, 1.82) is 0 Å². The van der Waals surface area contributed by atoms with Crippen LogP contribution in [0.1, 0.15) is 19.2 Å². The van der Waals surface area contributed by atoms with Gasteiger partial charge in [-0.1, -0.05) is 6.92 Å². The first-order valence-electron chi connectivity index (χ1n) is 5.73. The second kappa shape index (κ2) is 5.12. The van der Waals surface area contributed by atoms with Gasteiger partial charge in [0.1, 0.15) is 5.82 Å². The molecular formula is C12H14F2N4. The van der Waals surface area contributed by atoms with Crippen LogP contribution in [0, 0.1) is 11.6 Å². The number of hydrogen-bond donors (Lipinski definition) is 1. The van der Waals surface area contributed by atoms with Crippen LogP contribution in [0.3, 0.4) is 0 Å². The van der Waals surface area contributed by atoms with E-state index in [1.807, 2.05) is 6.92 Å². The minimum absolute atomic E-state index is 0.0162. The molecule has 96 valence electrons. The minimum atomic E-state index is -0.712. The van der Waals surface area contributed by atoms with Gasteiger partial charge in [0.05, 0.1) is 0 Å². The fourth-order valence-corrected chi connectivity index (χ4v) is 1.74. The van der Waals surface area contributed by atoms with Crippen molar-refractivity contribution in [2.24, 2.45) is 0 Å². The van der Waals surface area contributed by atoms with Crippen molar-refractivity contribution in [1.82, 2.24) is 14.5 Å². The maximum absolute atomic E-state index is 13.8. The molecule has 18 heavy (non-hydrogen) atoms. The van der Waals surface area contributed by atoms with E-state index in [0.29, 0.717) is 12.2 Å². The molecule has 2 aromatic rings. The first-order valence-corrected chi connectivity index (χ1v) is 5.73. The van der Waals surface area contributed by atoms with Crippen molar-refractivity contribution in [3.8, 4) is 5.82 Å². The Morgan fingerprint density at radius 3 is 2.78 bits per heavy atom. The van der Waals surface area contributed by atoms with Crippen LogP contribution in [0.2, 0.25) is 0 Å². The number of hydrogen-bond acceptors (Lipinski definition) is 3. The molecule has 2 heterocycles. The highest BCUT2D eigenvalue weighted by Crippen LogP contribution is 2.19. The number of pyridine rings is 1. The summed E-state index contributed by atoms with van der Waals surface area (Å²) in [5, 5.41) is 2.59. The van der Waals surface area contributed by atoms with Gasteiger partial charge in [-0.05, 0) is 6.42 Å². The number of rotatable bonds is 4. The molecule has 0 atom stereocenters. The molecule has 0 radical (unpaired) electrons. The van der Waals surface area contributed by atoms with E-state index in [2.05, 4.69) is 15.3 Å². The smallest absolute Gasteiger partial charge is 0.176 e. The Hall–Kier alpha value is -1.98. The summed E-state index contributed by atoms with van der Waals surface area (Å²) < 4.78 is 28.6. The van der Waals surface area contributed by atoms with E-state index >= 15 is 0 Å². The third-order valence-corrected chi connectivity index (χ3v) is 2.57. The molecule has 4 nitrogen and oxygen atoms in total. The highest BCUT2D eigenvalue weighted by molar-refractivity contribution is 5.42. The summed E-state index contributed by atoms with van der Waals surface area (Å²) in [5.41, 5.74) is 0. The fourth-order valence-electron chi connectivity index (χ4n) is 1.74. The van der Waals surface area contributed by atoms with Crippen molar-refractivity contribution in [2.45, 2.75) is 19.8 Å². The standard InChI is InChI=1S/C12H14F2N4/c1-3-4-10-16-5-6-18(10)12-9(14)7-8(13)11(15-2)17-12/h5-7H,3-4H2,1-2H3,(H,15,17). The summed E-state index contributed by atoms with van der Waals surface area (Å²) in [5.74, 6) is -0.639. The summed E-state index contributed by atoms with van der Waals surface area (Å²) in [6.45, 7) is 2.01. The molecule has 0 aliphatic rings. The first kappa shape index (κ1) is 12.5. The Labute approximate surface area is 104 Å². The van der Waals surface area contributed by atoms with Gasteiger partial charge in [0, 0.05) is 31.9 Å². The second-order valence-corrected chi connectivity index (χ2v) is 3.84. The summed E-state index contributed by atoms with van der Waals surface area (Å²) in [6, 6.07) is 0.823. The molecule has 0 bridgehead atoms. The number of imidazole rings is 1.